The summed E-state index contributed by atoms with van der Waals surface area (Å²) in [5.74, 6) is -2.98. The molecule has 2 heterocycles. The molecule has 0 aliphatic carbocycles. The van der Waals surface area contributed by atoms with Crippen molar-refractivity contribution >= 4 is 41.5 Å². The van der Waals surface area contributed by atoms with E-state index in [2.05, 4.69) is 10.6 Å². The molecule has 2 aromatic carbocycles. The molecule has 0 aromatic heterocycles. The summed E-state index contributed by atoms with van der Waals surface area (Å²) >= 11 is 1.24. The minimum Gasteiger partial charge on any atom is -0.477 e. The zero-order valence-corrected chi connectivity index (χ0v) is 22.4. The molecule has 4 rings (SSSR count). The largest absolute Gasteiger partial charge is 0.477 e. The summed E-state index contributed by atoms with van der Waals surface area (Å²) in [6.07, 6.45) is 0. The lowest BCUT2D eigenvalue weighted by atomic mass is 10.0. The number of carboxylic acid groups (broad SMARTS) is 1. The van der Waals surface area contributed by atoms with Crippen LogP contribution in [0.4, 0.5) is 4.79 Å². The number of carbonyl (C=O) groups is 5. The molecule has 40 heavy (non-hydrogen) atoms. The van der Waals surface area contributed by atoms with Crippen LogP contribution in [0.25, 0.3) is 0 Å². The van der Waals surface area contributed by atoms with Gasteiger partial charge in [-0.2, -0.15) is 5.06 Å². The van der Waals surface area contributed by atoms with Crippen molar-refractivity contribution in [2.75, 3.05) is 18.9 Å². The fourth-order valence-electron chi connectivity index (χ4n) is 4.10. The quantitative estimate of drug-likeness (QED) is 0.208. The van der Waals surface area contributed by atoms with E-state index in [1.54, 1.807) is 0 Å². The number of amides is 4. The monoisotopic (exact) mass is 568 g/mol. The Balaban J connectivity index is 1.40. The molecule has 1 fully saturated rings. The number of fused-ring (bicyclic) bond motifs is 1. The van der Waals surface area contributed by atoms with Crippen LogP contribution in [0.1, 0.15) is 18.1 Å². The number of esters is 1. The Morgan fingerprint density at radius 1 is 1.02 bits per heavy atom. The summed E-state index contributed by atoms with van der Waals surface area (Å²) in [5, 5.41) is 15.2. The van der Waals surface area contributed by atoms with E-state index in [1.165, 1.54) is 18.7 Å². The maximum Gasteiger partial charge on any atom is 0.352 e. The van der Waals surface area contributed by atoms with Crippen LogP contribution in [0.15, 0.2) is 71.9 Å². The van der Waals surface area contributed by atoms with Gasteiger partial charge in [-0.1, -0.05) is 60.7 Å². The molecule has 2 aromatic rings. The molecule has 12 nitrogen and oxygen atoms in total. The normalized spacial score (nSPS) is 17.8. The highest BCUT2D eigenvalue weighted by Crippen LogP contribution is 2.40. The summed E-state index contributed by atoms with van der Waals surface area (Å²) < 4.78 is 4.93. The number of thioether (sulfide) groups is 1. The van der Waals surface area contributed by atoms with Gasteiger partial charge in [-0.25, -0.2) is 9.59 Å². The van der Waals surface area contributed by atoms with Crippen molar-refractivity contribution in [2.45, 2.75) is 31.5 Å². The van der Waals surface area contributed by atoms with E-state index in [4.69, 9.17) is 9.57 Å². The van der Waals surface area contributed by atoms with Crippen LogP contribution < -0.4 is 10.6 Å². The molecule has 1 unspecified atom stereocenters. The van der Waals surface area contributed by atoms with E-state index >= 15 is 0 Å². The van der Waals surface area contributed by atoms with Crippen molar-refractivity contribution in [3.8, 4) is 0 Å². The highest BCUT2D eigenvalue weighted by Gasteiger charge is 2.54. The minimum atomic E-state index is -1.33. The average molecular weight is 569 g/mol. The van der Waals surface area contributed by atoms with Gasteiger partial charge < -0.3 is 20.5 Å². The number of aliphatic carboxylic acids is 1. The molecular formula is C27H28N4O8S. The second kappa shape index (κ2) is 13.1. The van der Waals surface area contributed by atoms with Crippen LogP contribution in [0.3, 0.4) is 0 Å². The van der Waals surface area contributed by atoms with Crippen LogP contribution in [-0.4, -0.2) is 75.2 Å². The first-order valence-electron chi connectivity index (χ1n) is 12.3. The van der Waals surface area contributed by atoms with E-state index < -0.39 is 47.7 Å². The second-order valence-corrected chi connectivity index (χ2v) is 10.0. The molecule has 4 amide bonds. The van der Waals surface area contributed by atoms with Gasteiger partial charge >= 0.3 is 18.0 Å². The predicted molar refractivity (Wildman–Crippen MR) is 143 cm³/mol. The maximum absolute atomic E-state index is 12.9. The van der Waals surface area contributed by atoms with E-state index in [9.17, 15) is 29.1 Å². The number of β-lactam (4-membered cyclic amide) rings is 1. The van der Waals surface area contributed by atoms with Crippen LogP contribution in [0, 0.1) is 0 Å². The molecule has 2 atom stereocenters. The third-order valence-electron chi connectivity index (χ3n) is 6.05. The minimum absolute atomic E-state index is 0.0272. The highest BCUT2D eigenvalue weighted by molar-refractivity contribution is 8.00. The first-order chi connectivity index (χ1) is 19.2. The zero-order valence-electron chi connectivity index (χ0n) is 21.6. The lowest BCUT2D eigenvalue weighted by molar-refractivity contribution is -0.156. The number of urea groups is 1. The maximum atomic E-state index is 12.9. The second-order valence-electron chi connectivity index (χ2n) is 8.93. The summed E-state index contributed by atoms with van der Waals surface area (Å²) in [5.41, 5.74) is 1.67. The lowest BCUT2D eigenvalue weighted by Crippen LogP contribution is -2.71. The SMILES string of the molecule is CC(=O)OCC1=C(C(=O)O)N2C(=O)[C@@H](NC(=O)CN(OCc3ccccc3)C(=O)NCc3ccccc3)C2SC1. The number of ether oxygens (including phenoxy) is 1. The number of hydrogen-bond acceptors (Lipinski definition) is 8. The van der Waals surface area contributed by atoms with Gasteiger partial charge in [0.25, 0.3) is 5.91 Å². The summed E-state index contributed by atoms with van der Waals surface area (Å²) in [6.45, 7) is 0.687. The van der Waals surface area contributed by atoms with Crippen LogP contribution in [0.2, 0.25) is 0 Å². The Bertz CT molecular complexity index is 1300. The molecular weight excluding hydrogens is 540 g/mol. The highest BCUT2D eigenvalue weighted by atomic mass is 32.2. The number of nitrogens with one attached hydrogen (secondary N) is 2. The van der Waals surface area contributed by atoms with Gasteiger partial charge in [-0.05, 0) is 11.1 Å². The summed E-state index contributed by atoms with van der Waals surface area (Å²) in [6, 6.07) is 16.7. The molecule has 2 aliphatic rings. The molecule has 2 aliphatic heterocycles. The van der Waals surface area contributed by atoms with Crippen molar-refractivity contribution in [3.05, 3.63) is 83.1 Å². The molecule has 0 bridgehead atoms. The van der Waals surface area contributed by atoms with Gasteiger partial charge in [-0.15, -0.1) is 11.8 Å². The zero-order chi connectivity index (χ0) is 28.6. The van der Waals surface area contributed by atoms with E-state index in [0.717, 1.165) is 21.1 Å². The van der Waals surface area contributed by atoms with Gasteiger partial charge in [0.05, 0.1) is 0 Å². The first-order valence-corrected chi connectivity index (χ1v) is 13.4. The van der Waals surface area contributed by atoms with Crippen molar-refractivity contribution in [2.24, 2.45) is 0 Å². The standard InChI is InChI=1S/C27H28N4O8S/c1-17(32)38-15-20-16-40-25-22(24(34)31(25)23(20)26(35)36)29-21(33)13-30(39-14-19-10-6-3-7-11-19)27(37)28-12-18-8-4-2-5-9-18/h2-11,22,25H,12-16H2,1H3,(H,28,37)(H,29,33)(H,35,36)/t22-,25?/m1/s1. The number of hydrogen-bond donors (Lipinski definition) is 3. The molecule has 0 saturated carbocycles. The topological polar surface area (TPSA) is 155 Å². The number of benzene rings is 2. The Morgan fingerprint density at radius 2 is 1.68 bits per heavy atom. The molecule has 1 saturated heterocycles. The van der Waals surface area contributed by atoms with Crippen LogP contribution >= 0.6 is 11.8 Å². The van der Waals surface area contributed by atoms with E-state index in [-0.39, 0.29) is 36.8 Å². The Morgan fingerprint density at radius 3 is 2.30 bits per heavy atom. The Labute approximate surface area is 234 Å². The van der Waals surface area contributed by atoms with Crippen LogP contribution in [-0.2, 0) is 41.9 Å². The van der Waals surface area contributed by atoms with Gasteiger partial charge in [0.1, 0.15) is 36.9 Å². The Kier molecular flexibility index (Phi) is 9.40. The fraction of sp³-hybridized carbons (Fsp3) is 0.296. The van der Waals surface area contributed by atoms with Crippen molar-refractivity contribution in [1.29, 1.82) is 0 Å². The van der Waals surface area contributed by atoms with Gasteiger partial charge in [0.15, 0.2) is 0 Å². The number of rotatable bonds is 11. The summed E-state index contributed by atoms with van der Waals surface area (Å²) in [7, 11) is 0. The van der Waals surface area contributed by atoms with Crippen molar-refractivity contribution < 1.29 is 38.7 Å². The lowest BCUT2D eigenvalue weighted by Gasteiger charge is -2.49. The molecule has 210 valence electrons. The average Bonchev–Trinajstić information content (AvgIpc) is 2.96. The van der Waals surface area contributed by atoms with Gasteiger partial charge in [0.2, 0.25) is 5.91 Å². The number of carboxylic acids is 1. The molecule has 13 heteroatoms. The Hall–Kier alpha value is -4.36. The molecule has 0 radical (unpaired) electrons. The van der Waals surface area contributed by atoms with E-state index in [1.807, 2.05) is 60.7 Å². The van der Waals surface area contributed by atoms with Crippen LogP contribution in [0.5, 0.6) is 0 Å². The third kappa shape index (κ3) is 6.98. The third-order valence-corrected chi connectivity index (χ3v) is 7.39. The van der Waals surface area contributed by atoms with Crippen molar-refractivity contribution in [3.63, 3.8) is 0 Å². The van der Waals surface area contributed by atoms with Gasteiger partial charge in [0, 0.05) is 24.8 Å². The van der Waals surface area contributed by atoms with Gasteiger partial charge in [-0.3, -0.25) is 24.1 Å². The fourth-order valence-corrected chi connectivity index (χ4v) is 5.42. The number of hydroxylamine groups is 2. The number of nitrogens with zero attached hydrogens (tertiary/aromatic N) is 2. The molecule has 0 spiro atoms. The summed E-state index contributed by atoms with van der Waals surface area (Å²) in [4.78, 5) is 68.6. The van der Waals surface area contributed by atoms with E-state index in [0.29, 0.717) is 0 Å². The first kappa shape index (κ1) is 28.6. The number of carbonyl (C=O) groups excluding carboxylic acids is 4. The predicted octanol–water partition coefficient (Wildman–Crippen LogP) is 1.63. The smallest absolute Gasteiger partial charge is 0.352 e. The van der Waals surface area contributed by atoms with Crippen molar-refractivity contribution in [1.82, 2.24) is 20.6 Å². The molecule has 3 N–H and O–H groups in total.